The topological polar surface area (TPSA) is 64.1 Å². The average Bonchev–Trinajstić information content (AvgIpc) is 2.71. The van der Waals surface area contributed by atoms with Crippen LogP contribution in [0.4, 0.5) is 18.9 Å². The van der Waals surface area contributed by atoms with Gasteiger partial charge in [-0.3, -0.25) is 14.8 Å². The fourth-order valence-corrected chi connectivity index (χ4v) is 2.68. The molecule has 0 spiro atoms. The summed E-state index contributed by atoms with van der Waals surface area (Å²) in [4.78, 5) is 20.5. The molecule has 0 saturated heterocycles. The molecule has 3 aromatic carbocycles. The van der Waals surface area contributed by atoms with Crippen molar-refractivity contribution in [2.45, 2.75) is 0 Å². The Kier molecular flexibility index (Phi) is 4.82. The Labute approximate surface area is 162 Å². The molecule has 0 unspecified atom stereocenters. The fourth-order valence-electron chi connectivity index (χ4n) is 2.68. The second-order valence-corrected chi connectivity index (χ2v) is 6.04. The molecule has 1 N–H and O–H groups in total. The second-order valence-electron chi connectivity index (χ2n) is 6.04. The van der Waals surface area contributed by atoms with E-state index in [2.05, 4.69) is 15.3 Å². The molecule has 0 aliphatic rings. The zero-order valence-corrected chi connectivity index (χ0v) is 14.7. The van der Waals surface area contributed by atoms with Crippen molar-refractivity contribution in [2.24, 2.45) is 0 Å². The Morgan fingerprint density at radius 2 is 1.69 bits per heavy atom. The molecule has 0 aliphatic heterocycles. The summed E-state index contributed by atoms with van der Waals surface area (Å²) in [5.74, 6) is -3.91. The number of nitrogens with one attached hydrogen (secondary N) is 1. The molecule has 0 bridgehead atoms. The van der Waals surface area contributed by atoms with E-state index < -0.39 is 29.1 Å². The van der Waals surface area contributed by atoms with Crippen LogP contribution >= 0.6 is 0 Å². The van der Waals surface area contributed by atoms with Gasteiger partial charge in [0.05, 0.1) is 11.0 Å². The van der Waals surface area contributed by atoms with Crippen molar-refractivity contribution in [3.63, 3.8) is 0 Å². The minimum absolute atomic E-state index is 0.0327. The monoisotopic (exact) mass is 395 g/mol. The summed E-state index contributed by atoms with van der Waals surface area (Å²) in [6.07, 6.45) is 3.03. The highest BCUT2D eigenvalue weighted by Gasteiger charge is 2.16. The van der Waals surface area contributed by atoms with Gasteiger partial charge < -0.3 is 10.1 Å². The van der Waals surface area contributed by atoms with E-state index in [4.69, 9.17) is 4.74 Å². The highest BCUT2D eigenvalue weighted by molar-refractivity contribution is 6.04. The summed E-state index contributed by atoms with van der Waals surface area (Å²) in [5.41, 5.74) is 1.11. The number of ether oxygens (including phenoxy) is 1. The maximum absolute atomic E-state index is 14.2. The minimum atomic E-state index is -1.21. The van der Waals surface area contributed by atoms with Crippen molar-refractivity contribution in [1.29, 1.82) is 0 Å². The second kappa shape index (κ2) is 7.59. The molecule has 4 aromatic rings. The molecule has 1 amide bonds. The lowest BCUT2D eigenvalue weighted by atomic mass is 10.2. The number of fused-ring (bicyclic) bond motifs is 1. The van der Waals surface area contributed by atoms with Gasteiger partial charge >= 0.3 is 0 Å². The predicted octanol–water partition coefficient (Wildman–Crippen LogP) is 5.09. The first-order valence-corrected chi connectivity index (χ1v) is 8.44. The van der Waals surface area contributed by atoms with Gasteiger partial charge in [-0.05, 0) is 30.3 Å². The molecule has 0 radical (unpaired) electrons. The molecular weight excluding hydrogens is 383 g/mol. The molecule has 0 aliphatic carbocycles. The van der Waals surface area contributed by atoms with Crippen LogP contribution in [0.25, 0.3) is 11.0 Å². The van der Waals surface area contributed by atoms with Crippen LogP contribution in [0.5, 0.6) is 11.5 Å². The number of hydrogen-bond acceptors (Lipinski definition) is 4. The number of amides is 1. The average molecular weight is 395 g/mol. The van der Waals surface area contributed by atoms with E-state index in [9.17, 15) is 18.0 Å². The molecule has 4 rings (SSSR count). The SMILES string of the molecule is O=C(Nc1cc(F)c(F)c(Oc2ccc3nccnc3c2)c1)c1cccc(F)c1. The Morgan fingerprint density at radius 3 is 2.48 bits per heavy atom. The first-order valence-electron chi connectivity index (χ1n) is 8.44. The third kappa shape index (κ3) is 4.01. The summed E-state index contributed by atoms with van der Waals surface area (Å²) in [6.45, 7) is 0. The number of carbonyl (C=O) groups is 1. The zero-order chi connectivity index (χ0) is 20.4. The van der Waals surface area contributed by atoms with E-state index in [0.717, 1.165) is 18.2 Å². The zero-order valence-electron chi connectivity index (χ0n) is 14.7. The Hall–Kier alpha value is -3.94. The van der Waals surface area contributed by atoms with Crippen LogP contribution in [0.3, 0.4) is 0 Å². The summed E-state index contributed by atoms with van der Waals surface area (Å²) < 4.78 is 47.0. The maximum atomic E-state index is 14.2. The first-order chi connectivity index (χ1) is 14.0. The Morgan fingerprint density at radius 1 is 0.897 bits per heavy atom. The molecule has 8 heteroatoms. The Balaban J connectivity index is 1.62. The van der Waals surface area contributed by atoms with Crippen molar-refractivity contribution in [1.82, 2.24) is 9.97 Å². The third-order valence-corrected chi connectivity index (χ3v) is 4.01. The number of halogens is 3. The van der Waals surface area contributed by atoms with Crippen LogP contribution < -0.4 is 10.1 Å². The quantitative estimate of drug-likeness (QED) is 0.523. The Bertz CT molecular complexity index is 1230. The number of nitrogens with zero attached hydrogens (tertiary/aromatic N) is 2. The van der Waals surface area contributed by atoms with Gasteiger partial charge in [-0.25, -0.2) is 8.78 Å². The number of carbonyl (C=O) groups excluding carboxylic acids is 1. The van der Waals surface area contributed by atoms with Crippen molar-refractivity contribution in [2.75, 3.05) is 5.32 Å². The van der Waals surface area contributed by atoms with Crippen LogP contribution in [0.2, 0.25) is 0 Å². The van der Waals surface area contributed by atoms with Gasteiger partial charge in [0, 0.05) is 41.8 Å². The van der Waals surface area contributed by atoms with Crippen LogP contribution in [-0.4, -0.2) is 15.9 Å². The fraction of sp³-hybridized carbons (Fsp3) is 0. The predicted molar refractivity (Wildman–Crippen MR) is 100 cm³/mol. The summed E-state index contributed by atoms with van der Waals surface area (Å²) >= 11 is 0. The van der Waals surface area contributed by atoms with E-state index in [1.807, 2.05) is 0 Å². The van der Waals surface area contributed by atoms with Gasteiger partial charge in [-0.2, -0.15) is 4.39 Å². The molecule has 1 heterocycles. The smallest absolute Gasteiger partial charge is 0.255 e. The van der Waals surface area contributed by atoms with Crippen LogP contribution in [-0.2, 0) is 0 Å². The van der Waals surface area contributed by atoms with Crippen LogP contribution in [0.1, 0.15) is 10.4 Å². The highest BCUT2D eigenvalue weighted by Crippen LogP contribution is 2.30. The lowest BCUT2D eigenvalue weighted by molar-refractivity contribution is 0.102. The third-order valence-electron chi connectivity index (χ3n) is 4.01. The normalized spacial score (nSPS) is 10.7. The molecule has 0 atom stereocenters. The van der Waals surface area contributed by atoms with Gasteiger partial charge in [0.2, 0.25) is 5.82 Å². The molecule has 0 saturated carbocycles. The van der Waals surface area contributed by atoms with Crippen molar-refractivity contribution in [3.05, 3.63) is 90.0 Å². The molecule has 29 heavy (non-hydrogen) atoms. The minimum Gasteiger partial charge on any atom is -0.454 e. The molecule has 0 fully saturated rings. The first kappa shape index (κ1) is 18.4. The van der Waals surface area contributed by atoms with Crippen molar-refractivity contribution in [3.8, 4) is 11.5 Å². The number of hydrogen-bond donors (Lipinski definition) is 1. The summed E-state index contributed by atoms with van der Waals surface area (Å²) in [7, 11) is 0. The molecule has 144 valence electrons. The van der Waals surface area contributed by atoms with E-state index in [1.54, 1.807) is 6.07 Å². The largest absolute Gasteiger partial charge is 0.454 e. The highest BCUT2D eigenvalue weighted by atomic mass is 19.2. The number of aromatic nitrogens is 2. The molecule has 1 aromatic heterocycles. The van der Waals surface area contributed by atoms with Gasteiger partial charge in [0.25, 0.3) is 5.91 Å². The van der Waals surface area contributed by atoms with Gasteiger partial charge in [0.1, 0.15) is 11.6 Å². The lowest BCUT2D eigenvalue weighted by Crippen LogP contribution is -2.12. The van der Waals surface area contributed by atoms with Gasteiger partial charge in [-0.1, -0.05) is 6.07 Å². The number of anilines is 1. The van der Waals surface area contributed by atoms with Crippen molar-refractivity contribution < 1.29 is 22.7 Å². The summed E-state index contributed by atoms with van der Waals surface area (Å²) in [6, 6.07) is 11.6. The summed E-state index contributed by atoms with van der Waals surface area (Å²) in [5, 5.41) is 2.39. The molecule has 5 nitrogen and oxygen atoms in total. The van der Waals surface area contributed by atoms with E-state index >= 15 is 0 Å². The van der Waals surface area contributed by atoms with E-state index in [1.165, 1.54) is 42.7 Å². The maximum Gasteiger partial charge on any atom is 0.255 e. The van der Waals surface area contributed by atoms with Gasteiger partial charge in [-0.15, -0.1) is 0 Å². The van der Waals surface area contributed by atoms with Crippen LogP contribution in [0.15, 0.2) is 67.0 Å². The lowest BCUT2D eigenvalue weighted by Gasteiger charge is -2.11. The standard InChI is InChI=1S/C21H12F3N3O2/c22-13-3-1-2-12(8-13)21(28)27-14-9-16(23)20(24)19(10-14)29-15-4-5-17-18(11-15)26-7-6-25-17/h1-11H,(H,27,28). The number of rotatable bonds is 4. The van der Waals surface area contributed by atoms with Gasteiger partial charge in [0.15, 0.2) is 11.6 Å². The van der Waals surface area contributed by atoms with Crippen LogP contribution in [0, 0.1) is 17.5 Å². The number of benzene rings is 3. The van der Waals surface area contributed by atoms with Crippen molar-refractivity contribution >= 4 is 22.6 Å². The molecular formula is C21H12F3N3O2. The van der Waals surface area contributed by atoms with E-state index in [-0.39, 0.29) is 17.0 Å². The van der Waals surface area contributed by atoms with E-state index in [0.29, 0.717) is 11.0 Å².